The van der Waals surface area contributed by atoms with Gasteiger partial charge in [0.1, 0.15) is 18.1 Å². The van der Waals surface area contributed by atoms with E-state index in [4.69, 9.17) is 9.47 Å². The van der Waals surface area contributed by atoms with Crippen LogP contribution in [0.15, 0.2) is 72.4 Å². The van der Waals surface area contributed by atoms with Crippen LogP contribution in [-0.4, -0.2) is 23.4 Å². The molecule has 1 heterocycles. The minimum Gasteiger partial charge on any atom is -0.490 e. The average molecular weight is 572 g/mol. The third-order valence-corrected chi connectivity index (χ3v) is 5.89. The van der Waals surface area contributed by atoms with Crippen molar-refractivity contribution in [1.82, 2.24) is 10.2 Å². The fourth-order valence-electron chi connectivity index (χ4n) is 3.46. The average Bonchev–Trinajstić information content (AvgIpc) is 3.08. The molecule has 1 aliphatic heterocycles. The van der Waals surface area contributed by atoms with Gasteiger partial charge in [-0.25, -0.2) is 9.18 Å². The summed E-state index contributed by atoms with van der Waals surface area (Å²) in [7, 11) is 0. The van der Waals surface area contributed by atoms with Gasteiger partial charge in [0.15, 0.2) is 11.5 Å². The highest BCUT2D eigenvalue weighted by molar-refractivity contribution is 14.1. The van der Waals surface area contributed by atoms with Crippen molar-refractivity contribution in [2.75, 3.05) is 6.61 Å². The SMILES string of the molecule is CCOc1cc(/C=C2/NC(=O)N(Cc3ccccc3)C2=O)cc(I)c1OCc1ccc(F)cc1. The number of rotatable bonds is 8. The maximum Gasteiger partial charge on any atom is 0.329 e. The van der Waals surface area contributed by atoms with Crippen LogP contribution in [0.4, 0.5) is 9.18 Å². The third kappa shape index (κ3) is 5.56. The molecule has 3 aromatic carbocycles. The lowest BCUT2D eigenvalue weighted by atomic mass is 10.1. The number of imide groups is 1. The minimum absolute atomic E-state index is 0.194. The van der Waals surface area contributed by atoms with Gasteiger partial charge in [-0.15, -0.1) is 0 Å². The molecule has 1 saturated heterocycles. The Morgan fingerprint density at radius 3 is 2.44 bits per heavy atom. The molecule has 0 spiro atoms. The maximum absolute atomic E-state index is 13.2. The van der Waals surface area contributed by atoms with Gasteiger partial charge in [-0.2, -0.15) is 0 Å². The highest BCUT2D eigenvalue weighted by Crippen LogP contribution is 2.35. The van der Waals surface area contributed by atoms with E-state index in [9.17, 15) is 14.0 Å². The monoisotopic (exact) mass is 572 g/mol. The number of ether oxygens (including phenoxy) is 2. The van der Waals surface area contributed by atoms with Crippen molar-refractivity contribution in [3.05, 3.63) is 98.5 Å². The second-order valence-electron chi connectivity index (χ2n) is 7.54. The first-order valence-corrected chi connectivity index (χ1v) is 11.7. The molecule has 3 amide bonds. The van der Waals surface area contributed by atoms with Crippen molar-refractivity contribution in [3.63, 3.8) is 0 Å². The Hall–Kier alpha value is -3.40. The summed E-state index contributed by atoms with van der Waals surface area (Å²) in [4.78, 5) is 26.4. The standard InChI is InChI=1S/C26H22FIN2O4/c1-2-33-23-14-19(12-21(28)24(23)34-16-18-8-10-20(27)11-9-18)13-22-25(31)30(26(32)29-22)15-17-6-4-3-5-7-17/h3-14H,2,15-16H2,1H3,(H,29,32)/b22-13+. The van der Waals surface area contributed by atoms with Crippen molar-refractivity contribution in [3.8, 4) is 11.5 Å². The van der Waals surface area contributed by atoms with Crippen LogP contribution >= 0.6 is 22.6 Å². The number of carbonyl (C=O) groups is 2. The fourth-order valence-corrected chi connectivity index (χ4v) is 4.24. The highest BCUT2D eigenvalue weighted by atomic mass is 127. The van der Waals surface area contributed by atoms with E-state index >= 15 is 0 Å². The largest absolute Gasteiger partial charge is 0.490 e. The first-order valence-electron chi connectivity index (χ1n) is 10.7. The number of hydrogen-bond donors (Lipinski definition) is 1. The normalized spacial score (nSPS) is 14.4. The van der Waals surface area contributed by atoms with Crippen molar-refractivity contribution >= 4 is 40.6 Å². The van der Waals surface area contributed by atoms with Crippen LogP contribution in [-0.2, 0) is 17.9 Å². The van der Waals surface area contributed by atoms with Gasteiger partial charge in [0.05, 0.1) is 16.7 Å². The summed E-state index contributed by atoms with van der Waals surface area (Å²) in [5.41, 5.74) is 2.57. The number of urea groups is 1. The smallest absolute Gasteiger partial charge is 0.329 e. The van der Waals surface area contributed by atoms with Gasteiger partial charge in [0.2, 0.25) is 0 Å². The summed E-state index contributed by atoms with van der Waals surface area (Å²) in [5.74, 6) is 0.378. The molecule has 34 heavy (non-hydrogen) atoms. The summed E-state index contributed by atoms with van der Waals surface area (Å²) in [6.07, 6.45) is 1.62. The molecule has 1 N–H and O–H groups in total. The zero-order valence-electron chi connectivity index (χ0n) is 18.4. The van der Waals surface area contributed by atoms with Gasteiger partial charge in [0, 0.05) is 0 Å². The molecule has 0 radical (unpaired) electrons. The first-order chi connectivity index (χ1) is 16.4. The van der Waals surface area contributed by atoms with Gasteiger partial charge in [-0.3, -0.25) is 9.69 Å². The maximum atomic E-state index is 13.2. The first kappa shape index (κ1) is 23.7. The zero-order valence-corrected chi connectivity index (χ0v) is 20.5. The minimum atomic E-state index is -0.459. The summed E-state index contributed by atoms with van der Waals surface area (Å²) in [6.45, 7) is 2.73. The van der Waals surface area contributed by atoms with Crippen LogP contribution < -0.4 is 14.8 Å². The van der Waals surface area contributed by atoms with Crippen molar-refractivity contribution in [2.45, 2.75) is 20.1 Å². The van der Waals surface area contributed by atoms with Crippen molar-refractivity contribution in [1.29, 1.82) is 0 Å². The van der Waals surface area contributed by atoms with E-state index in [2.05, 4.69) is 27.9 Å². The molecular formula is C26H22FIN2O4. The summed E-state index contributed by atoms with van der Waals surface area (Å²) in [5, 5.41) is 2.65. The van der Waals surface area contributed by atoms with E-state index in [1.54, 1.807) is 24.3 Å². The van der Waals surface area contributed by atoms with Gasteiger partial charge < -0.3 is 14.8 Å². The Kier molecular flexibility index (Phi) is 7.46. The molecule has 4 rings (SSSR count). The van der Waals surface area contributed by atoms with Crippen LogP contribution in [0.2, 0.25) is 0 Å². The Bertz CT molecular complexity index is 1230. The lowest BCUT2D eigenvalue weighted by Gasteiger charge is -2.15. The molecular weight excluding hydrogens is 550 g/mol. The molecule has 0 saturated carbocycles. The molecule has 0 bridgehead atoms. The number of halogens is 2. The predicted octanol–water partition coefficient (Wildman–Crippen LogP) is 5.50. The summed E-state index contributed by atoms with van der Waals surface area (Å²) < 4.78 is 25.7. The topological polar surface area (TPSA) is 67.9 Å². The Balaban J connectivity index is 1.55. The molecule has 1 aliphatic rings. The highest BCUT2D eigenvalue weighted by Gasteiger charge is 2.33. The number of benzene rings is 3. The second-order valence-corrected chi connectivity index (χ2v) is 8.71. The Morgan fingerprint density at radius 1 is 1.00 bits per heavy atom. The lowest BCUT2D eigenvalue weighted by Crippen LogP contribution is -2.30. The molecule has 1 fully saturated rings. The van der Waals surface area contributed by atoms with Crippen molar-refractivity contribution < 1.29 is 23.5 Å². The van der Waals surface area contributed by atoms with Gasteiger partial charge in [-0.05, 0) is 76.5 Å². The van der Waals surface area contributed by atoms with E-state index < -0.39 is 11.9 Å². The molecule has 0 atom stereocenters. The molecule has 0 aromatic heterocycles. The quantitative estimate of drug-likeness (QED) is 0.220. The van der Waals surface area contributed by atoms with Crippen LogP contribution in [0.3, 0.4) is 0 Å². The number of carbonyl (C=O) groups excluding carboxylic acids is 2. The van der Waals surface area contributed by atoms with E-state index in [1.807, 2.05) is 43.3 Å². The van der Waals surface area contributed by atoms with Crippen molar-refractivity contribution in [2.24, 2.45) is 0 Å². The number of nitrogens with one attached hydrogen (secondary N) is 1. The van der Waals surface area contributed by atoms with E-state index in [1.165, 1.54) is 17.0 Å². The van der Waals surface area contributed by atoms with E-state index in [0.717, 1.165) is 14.7 Å². The van der Waals surface area contributed by atoms with Gasteiger partial charge in [-0.1, -0.05) is 42.5 Å². The lowest BCUT2D eigenvalue weighted by molar-refractivity contribution is -0.123. The van der Waals surface area contributed by atoms with E-state index in [-0.39, 0.29) is 24.7 Å². The van der Waals surface area contributed by atoms with Crippen LogP contribution in [0.5, 0.6) is 11.5 Å². The fraction of sp³-hybridized carbons (Fsp3) is 0.154. The Morgan fingerprint density at radius 2 is 1.74 bits per heavy atom. The molecule has 3 aromatic rings. The van der Waals surface area contributed by atoms with Crippen LogP contribution in [0.25, 0.3) is 6.08 Å². The Labute approximate surface area is 210 Å². The second kappa shape index (κ2) is 10.7. The van der Waals surface area contributed by atoms with Gasteiger partial charge >= 0.3 is 6.03 Å². The molecule has 0 unspecified atom stereocenters. The van der Waals surface area contributed by atoms with E-state index in [0.29, 0.717) is 23.7 Å². The van der Waals surface area contributed by atoms with Crippen LogP contribution in [0.1, 0.15) is 23.6 Å². The third-order valence-electron chi connectivity index (χ3n) is 5.08. The molecule has 8 heteroatoms. The van der Waals surface area contributed by atoms with Gasteiger partial charge in [0.25, 0.3) is 5.91 Å². The molecule has 6 nitrogen and oxygen atoms in total. The number of nitrogens with zero attached hydrogens (tertiary/aromatic N) is 1. The summed E-state index contributed by atoms with van der Waals surface area (Å²) >= 11 is 2.14. The predicted molar refractivity (Wildman–Crippen MR) is 135 cm³/mol. The molecule has 174 valence electrons. The zero-order chi connectivity index (χ0) is 24.1. The van der Waals surface area contributed by atoms with Crippen LogP contribution in [0, 0.1) is 9.39 Å². The number of hydrogen-bond acceptors (Lipinski definition) is 4. The summed E-state index contributed by atoms with van der Waals surface area (Å²) in [6, 6.07) is 18.6. The number of amides is 3. The molecule has 0 aliphatic carbocycles.